The van der Waals surface area contributed by atoms with Crippen molar-refractivity contribution in [2.24, 2.45) is 5.73 Å². The largest absolute Gasteiger partial charge is 0.477 e. The molecular formula is C26H19N3O3. The van der Waals surface area contributed by atoms with Crippen molar-refractivity contribution in [1.29, 1.82) is 0 Å². The number of carbonyl (C=O) groups excluding carboxylic acids is 1. The van der Waals surface area contributed by atoms with E-state index >= 15 is 0 Å². The van der Waals surface area contributed by atoms with E-state index < -0.39 is 12.0 Å². The molecule has 0 aliphatic heterocycles. The number of carboxylic acid groups (broad SMARTS) is 1. The Kier molecular flexibility index (Phi) is 5.82. The molecule has 0 atom stereocenters. The molecule has 156 valence electrons. The smallest absolute Gasteiger partial charge is 0.354 e. The van der Waals surface area contributed by atoms with Gasteiger partial charge in [-0.2, -0.15) is 0 Å². The van der Waals surface area contributed by atoms with Gasteiger partial charge in [-0.1, -0.05) is 60.4 Å². The topological polar surface area (TPSA) is 96.5 Å². The lowest BCUT2D eigenvalue weighted by molar-refractivity contribution is 0.0690. The second-order valence-electron chi connectivity index (χ2n) is 7.11. The number of anilines is 1. The highest BCUT2D eigenvalue weighted by Crippen LogP contribution is 2.23. The van der Waals surface area contributed by atoms with E-state index in [9.17, 15) is 9.59 Å². The van der Waals surface area contributed by atoms with Crippen molar-refractivity contribution in [2.75, 3.05) is 4.90 Å². The molecule has 0 aliphatic carbocycles. The number of rotatable bonds is 4. The molecule has 0 unspecified atom stereocenters. The van der Waals surface area contributed by atoms with Crippen molar-refractivity contribution in [3.8, 4) is 11.8 Å². The first kappa shape index (κ1) is 20.6. The predicted molar refractivity (Wildman–Crippen MR) is 123 cm³/mol. The Labute approximate surface area is 184 Å². The van der Waals surface area contributed by atoms with Crippen LogP contribution < -0.4 is 10.6 Å². The lowest BCUT2D eigenvalue weighted by Gasteiger charge is -2.22. The van der Waals surface area contributed by atoms with E-state index in [2.05, 4.69) is 16.8 Å². The first-order valence-electron chi connectivity index (χ1n) is 9.86. The van der Waals surface area contributed by atoms with Gasteiger partial charge >= 0.3 is 12.0 Å². The zero-order chi connectivity index (χ0) is 22.5. The van der Waals surface area contributed by atoms with Crippen molar-refractivity contribution >= 4 is 28.5 Å². The first-order valence-corrected chi connectivity index (χ1v) is 9.86. The number of nitrogens with two attached hydrogens (primary N) is 1. The van der Waals surface area contributed by atoms with Gasteiger partial charge < -0.3 is 10.8 Å². The van der Waals surface area contributed by atoms with Crippen molar-refractivity contribution in [3.63, 3.8) is 0 Å². The van der Waals surface area contributed by atoms with E-state index in [0.717, 1.165) is 16.3 Å². The van der Waals surface area contributed by atoms with Crippen LogP contribution in [0.5, 0.6) is 0 Å². The molecule has 1 heterocycles. The molecule has 6 heteroatoms. The van der Waals surface area contributed by atoms with Crippen LogP contribution in [0, 0.1) is 11.8 Å². The average Bonchev–Trinajstić information content (AvgIpc) is 2.81. The highest BCUT2D eigenvalue weighted by atomic mass is 16.4. The fraction of sp³-hybridized carbons (Fsp3) is 0.0385. The molecule has 2 amide bonds. The monoisotopic (exact) mass is 421 g/mol. The van der Waals surface area contributed by atoms with E-state index in [0.29, 0.717) is 23.4 Å². The summed E-state index contributed by atoms with van der Waals surface area (Å²) in [6.07, 6.45) is 1.40. The van der Waals surface area contributed by atoms with Crippen LogP contribution in [-0.4, -0.2) is 22.1 Å². The molecule has 32 heavy (non-hydrogen) atoms. The van der Waals surface area contributed by atoms with Crippen molar-refractivity contribution in [2.45, 2.75) is 6.54 Å². The summed E-state index contributed by atoms with van der Waals surface area (Å²) in [7, 11) is 0. The summed E-state index contributed by atoms with van der Waals surface area (Å²) in [6, 6.07) is 23.7. The molecule has 0 spiro atoms. The summed E-state index contributed by atoms with van der Waals surface area (Å²) < 4.78 is 0. The number of carboxylic acids is 1. The highest BCUT2D eigenvalue weighted by Gasteiger charge is 2.16. The summed E-state index contributed by atoms with van der Waals surface area (Å²) in [6.45, 7) is 0.299. The predicted octanol–water partition coefficient (Wildman–Crippen LogP) is 4.42. The maximum absolute atomic E-state index is 12.3. The van der Waals surface area contributed by atoms with Gasteiger partial charge in [0.15, 0.2) is 0 Å². The zero-order valence-corrected chi connectivity index (χ0v) is 17.0. The van der Waals surface area contributed by atoms with Gasteiger partial charge in [0.1, 0.15) is 5.69 Å². The lowest BCUT2D eigenvalue weighted by Crippen LogP contribution is -2.35. The van der Waals surface area contributed by atoms with Gasteiger partial charge in [0, 0.05) is 17.3 Å². The maximum atomic E-state index is 12.3. The Morgan fingerprint density at radius 1 is 0.906 bits per heavy atom. The Morgan fingerprint density at radius 2 is 1.66 bits per heavy atom. The Hall–Kier alpha value is -4.63. The van der Waals surface area contributed by atoms with E-state index in [1.54, 1.807) is 18.2 Å². The summed E-state index contributed by atoms with van der Waals surface area (Å²) in [5.74, 6) is 4.91. The van der Waals surface area contributed by atoms with E-state index in [-0.39, 0.29) is 5.69 Å². The fourth-order valence-electron chi connectivity index (χ4n) is 3.35. The van der Waals surface area contributed by atoms with Crippen LogP contribution >= 0.6 is 0 Å². The molecule has 4 aromatic rings. The van der Waals surface area contributed by atoms with Crippen LogP contribution in [0.3, 0.4) is 0 Å². The van der Waals surface area contributed by atoms with E-state index in [1.165, 1.54) is 17.2 Å². The van der Waals surface area contributed by atoms with Crippen LogP contribution in [0.15, 0.2) is 85.1 Å². The molecule has 3 N–H and O–H groups in total. The lowest BCUT2D eigenvalue weighted by atomic mass is 10.1. The number of carbonyl (C=O) groups is 2. The minimum absolute atomic E-state index is 0.0498. The van der Waals surface area contributed by atoms with Crippen LogP contribution in [0.2, 0.25) is 0 Å². The van der Waals surface area contributed by atoms with Crippen LogP contribution in [0.4, 0.5) is 10.5 Å². The summed E-state index contributed by atoms with van der Waals surface area (Å²) in [5, 5.41) is 11.2. The second-order valence-corrected chi connectivity index (χ2v) is 7.11. The molecule has 0 bridgehead atoms. The van der Waals surface area contributed by atoms with Gasteiger partial charge in [-0.05, 0) is 46.7 Å². The quantitative estimate of drug-likeness (QED) is 0.477. The molecule has 0 radical (unpaired) electrons. The number of para-hydroxylation sites is 1. The fourth-order valence-corrected chi connectivity index (χ4v) is 3.35. The molecule has 6 nitrogen and oxygen atoms in total. The average molecular weight is 421 g/mol. The number of aromatic carboxylic acids is 1. The molecule has 0 saturated carbocycles. The minimum atomic E-state index is -1.10. The number of pyridine rings is 1. The minimum Gasteiger partial charge on any atom is -0.477 e. The van der Waals surface area contributed by atoms with Crippen LogP contribution in [-0.2, 0) is 6.54 Å². The third kappa shape index (κ3) is 4.58. The number of primary amides is 1. The Balaban J connectivity index is 1.65. The molecular weight excluding hydrogens is 402 g/mol. The standard InChI is InChI=1S/C26H19N3O3/c27-26(32)29(17-19-10-12-20-5-1-2-7-22(20)15-19)24-8-4-3-6-21(24)13-9-18-11-14-23(25(30)31)28-16-18/h1-8,10-12,14-16H,17H2,(H2,27,32)(H,30,31). The third-order valence-corrected chi connectivity index (χ3v) is 4.94. The number of fused-ring (bicyclic) bond motifs is 1. The number of benzene rings is 3. The van der Waals surface area contributed by atoms with Gasteiger partial charge in [0.05, 0.1) is 12.2 Å². The highest BCUT2D eigenvalue weighted by molar-refractivity contribution is 5.92. The molecule has 0 fully saturated rings. The number of amides is 2. The van der Waals surface area contributed by atoms with Gasteiger partial charge in [-0.15, -0.1) is 0 Å². The number of nitrogens with zero attached hydrogens (tertiary/aromatic N) is 2. The molecule has 4 rings (SSSR count). The van der Waals surface area contributed by atoms with E-state index in [1.807, 2.05) is 54.6 Å². The first-order chi connectivity index (χ1) is 15.5. The van der Waals surface area contributed by atoms with Gasteiger partial charge in [-0.3, -0.25) is 4.90 Å². The number of hydrogen-bond acceptors (Lipinski definition) is 3. The number of urea groups is 1. The third-order valence-electron chi connectivity index (χ3n) is 4.94. The summed E-state index contributed by atoms with van der Waals surface area (Å²) >= 11 is 0. The molecule has 0 saturated heterocycles. The second kappa shape index (κ2) is 9.02. The Bertz CT molecular complexity index is 1370. The zero-order valence-electron chi connectivity index (χ0n) is 17.0. The van der Waals surface area contributed by atoms with Gasteiger partial charge in [-0.25, -0.2) is 14.6 Å². The SMILES string of the molecule is NC(=O)N(Cc1ccc2ccccc2c1)c1ccccc1C#Cc1ccc(C(=O)O)nc1. The molecule has 1 aromatic heterocycles. The van der Waals surface area contributed by atoms with Crippen molar-refractivity contribution < 1.29 is 14.7 Å². The normalized spacial score (nSPS) is 10.2. The maximum Gasteiger partial charge on any atom is 0.354 e. The van der Waals surface area contributed by atoms with Crippen molar-refractivity contribution in [1.82, 2.24) is 4.98 Å². The van der Waals surface area contributed by atoms with Crippen LogP contribution in [0.25, 0.3) is 10.8 Å². The number of aromatic nitrogens is 1. The molecule has 3 aromatic carbocycles. The van der Waals surface area contributed by atoms with Crippen molar-refractivity contribution in [3.05, 3.63) is 107 Å². The van der Waals surface area contributed by atoms with E-state index in [4.69, 9.17) is 10.8 Å². The van der Waals surface area contributed by atoms with Gasteiger partial charge in [0.2, 0.25) is 0 Å². The Morgan fingerprint density at radius 3 is 2.38 bits per heavy atom. The molecule has 0 aliphatic rings. The number of hydrogen-bond donors (Lipinski definition) is 2. The van der Waals surface area contributed by atoms with Gasteiger partial charge in [0.25, 0.3) is 0 Å². The summed E-state index contributed by atoms with van der Waals surface area (Å²) in [4.78, 5) is 28.6. The summed E-state index contributed by atoms with van der Waals surface area (Å²) in [5.41, 5.74) is 8.39. The van der Waals surface area contributed by atoms with Crippen LogP contribution in [0.1, 0.15) is 27.2 Å².